The van der Waals surface area contributed by atoms with Gasteiger partial charge in [0, 0.05) is 17.7 Å². The van der Waals surface area contributed by atoms with E-state index in [-0.39, 0.29) is 23.1 Å². The predicted octanol–water partition coefficient (Wildman–Crippen LogP) is 1.85. The number of nitrogens with zero attached hydrogens (tertiary/aromatic N) is 1. The van der Waals surface area contributed by atoms with E-state index < -0.39 is 36.5 Å². The third kappa shape index (κ3) is 6.30. The van der Waals surface area contributed by atoms with E-state index in [4.69, 9.17) is 4.74 Å². The summed E-state index contributed by atoms with van der Waals surface area (Å²) in [5.41, 5.74) is -0.278. The zero-order valence-electron chi connectivity index (χ0n) is 15.2. The van der Waals surface area contributed by atoms with E-state index in [1.165, 1.54) is 18.3 Å². The quantitative estimate of drug-likeness (QED) is 0.691. The summed E-state index contributed by atoms with van der Waals surface area (Å²) in [7, 11) is -1.83. The Bertz CT molecular complexity index is 792. The van der Waals surface area contributed by atoms with Crippen LogP contribution < -0.4 is 10.8 Å². The van der Waals surface area contributed by atoms with Crippen molar-refractivity contribution in [1.82, 2.24) is 10.3 Å². The molecule has 1 heterocycles. The first-order valence-corrected chi connectivity index (χ1v) is 8.30. The lowest BCUT2D eigenvalue weighted by Crippen LogP contribution is -2.41. The maximum atomic E-state index is 13.5. The minimum Gasteiger partial charge on any atom is -0.444 e. The van der Waals surface area contributed by atoms with Crippen LogP contribution in [0.2, 0.25) is 0 Å². The second-order valence-corrected chi connectivity index (χ2v) is 7.03. The van der Waals surface area contributed by atoms with Crippen LogP contribution in [-0.4, -0.2) is 33.8 Å². The van der Waals surface area contributed by atoms with E-state index in [0.717, 1.165) is 18.2 Å². The highest BCUT2D eigenvalue weighted by Crippen LogP contribution is 2.19. The number of carbonyl (C=O) groups excluding carboxylic acids is 1. The van der Waals surface area contributed by atoms with Crippen molar-refractivity contribution in [3.63, 3.8) is 0 Å². The summed E-state index contributed by atoms with van der Waals surface area (Å²) >= 11 is 0. The molecule has 0 aliphatic heterocycles. The van der Waals surface area contributed by atoms with Crippen LogP contribution in [0, 0.1) is 11.6 Å². The molecule has 0 aliphatic carbocycles. The molecule has 6 nitrogen and oxygen atoms in total. The van der Waals surface area contributed by atoms with Crippen LogP contribution >= 0.6 is 0 Å². The standard InChI is InChI=1S/C18H21BF2N2O4/c1-18(2,3)27-17(24)23-15(9-11-7-12(20)10-13(21)8-11)16-14(19(25)26)5-4-6-22-16/h4-8,10,15,25-26H,9H2,1-3H3,(H,23,24)/t15-/m0/s1. The summed E-state index contributed by atoms with van der Waals surface area (Å²) in [6, 6.07) is 5.03. The lowest BCUT2D eigenvalue weighted by molar-refractivity contribution is 0.0502. The van der Waals surface area contributed by atoms with Gasteiger partial charge in [-0.05, 0) is 51.0 Å². The number of pyridine rings is 1. The van der Waals surface area contributed by atoms with E-state index >= 15 is 0 Å². The Hall–Kier alpha value is -2.52. The number of nitrogens with one attached hydrogen (secondary N) is 1. The molecule has 27 heavy (non-hydrogen) atoms. The highest BCUT2D eigenvalue weighted by Gasteiger charge is 2.27. The lowest BCUT2D eigenvalue weighted by atomic mass is 9.77. The van der Waals surface area contributed by atoms with Gasteiger partial charge in [-0.3, -0.25) is 4.98 Å². The number of alkyl carbamates (subject to hydrolysis) is 1. The average molecular weight is 378 g/mol. The van der Waals surface area contributed by atoms with Crippen LogP contribution in [0.5, 0.6) is 0 Å². The monoisotopic (exact) mass is 378 g/mol. The second-order valence-electron chi connectivity index (χ2n) is 7.03. The maximum absolute atomic E-state index is 13.5. The number of carbonyl (C=O) groups is 1. The largest absolute Gasteiger partial charge is 0.490 e. The van der Waals surface area contributed by atoms with Crippen LogP contribution in [0.4, 0.5) is 13.6 Å². The van der Waals surface area contributed by atoms with Crippen molar-refractivity contribution in [1.29, 1.82) is 0 Å². The maximum Gasteiger partial charge on any atom is 0.490 e. The summed E-state index contributed by atoms with van der Waals surface area (Å²) in [6.45, 7) is 5.06. The fourth-order valence-electron chi connectivity index (χ4n) is 2.57. The number of aromatic nitrogens is 1. The lowest BCUT2D eigenvalue weighted by Gasteiger charge is -2.24. The molecule has 1 aromatic carbocycles. The first-order chi connectivity index (χ1) is 12.5. The third-order valence-corrected chi connectivity index (χ3v) is 3.53. The Labute approximate surface area is 156 Å². The van der Waals surface area contributed by atoms with Crippen LogP contribution in [-0.2, 0) is 11.2 Å². The first-order valence-electron chi connectivity index (χ1n) is 8.30. The molecular weight excluding hydrogens is 357 g/mol. The van der Waals surface area contributed by atoms with E-state index in [2.05, 4.69) is 10.3 Å². The van der Waals surface area contributed by atoms with Crippen LogP contribution in [0.25, 0.3) is 0 Å². The van der Waals surface area contributed by atoms with Gasteiger partial charge in [0.1, 0.15) is 17.2 Å². The molecule has 0 saturated heterocycles. The van der Waals surface area contributed by atoms with Crippen molar-refractivity contribution in [3.05, 3.63) is 59.4 Å². The molecule has 0 aliphatic rings. The number of amides is 1. The van der Waals surface area contributed by atoms with Gasteiger partial charge >= 0.3 is 13.2 Å². The number of ether oxygens (including phenoxy) is 1. The summed E-state index contributed by atoms with van der Waals surface area (Å²) in [5, 5.41) is 21.7. The first kappa shape index (κ1) is 20.8. The van der Waals surface area contributed by atoms with Crippen molar-refractivity contribution < 1.29 is 28.4 Å². The molecule has 144 valence electrons. The van der Waals surface area contributed by atoms with E-state index in [0.29, 0.717) is 0 Å². The predicted molar refractivity (Wildman–Crippen MR) is 96.2 cm³/mol. The van der Waals surface area contributed by atoms with Crippen molar-refractivity contribution in [2.75, 3.05) is 0 Å². The van der Waals surface area contributed by atoms with E-state index in [1.54, 1.807) is 20.8 Å². The molecule has 1 amide bonds. The van der Waals surface area contributed by atoms with Gasteiger partial charge < -0.3 is 20.1 Å². The number of halogens is 2. The number of rotatable bonds is 5. The van der Waals surface area contributed by atoms with Gasteiger partial charge in [-0.1, -0.05) is 6.07 Å². The molecular formula is C18H21BF2N2O4. The molecule has 0 fully saturated rings. The van der Waals surface area contributed by atoms with Crippen molar-refractivity contribution in [2.45, 2.75) is 38.8 Å². The van der Waals surface area contributed by atoms with E-state index in [9.17, 15) is 23.6 Å². The second kappa shape index (κ2) is 8.45. The smallest absolute Gasteiger partial charge is 0.444 e. The zero-order valence-corrected chi connectivity index (χ0v) is 15.2. The minimum absolute atomic E-state index is 0.0370. The van der Waals surface area contributed by atoms with Crippen LogP contribution in [0.15, 0.2) is 36.5 Å². The fourth-order valence-corrected chi connectivity index (χ4v) is 2.57. The number of hydrogen-bond donors (Lipinski definition) is 3. The zero-order chi connectivity index (χ0) is 20.2. The van der Waals surface area contributed by atoms with Crippen LogP contribution in [0.3, 0.4) is 0 Å². The van der Waals surface area contributed by atoms with Crippen LogP contribution in [0.1, 0.15) is 38.1 Å². The topological polar surface area (TPSA) is 91.7 Å². The Balaban J connectivity index is 2.38. The fraction of sp³-hybridized carbons (Fsp3) is 0.333. The Morgan fingerprint density at radius 3 is 2.44 bits per heavy atom. The molecule has 2 rings (SSSR count). The van der Waals surface area contributed by atoms with Gasteiger partial charge in [0.25, 0.3) is 0 Å². The molecule has 0 spiro atoms. The Morgan fingerprint density at radius 2 is 1.89 bits per heavy atom. The molecule has 1 atom stereocenters. The molecule has 0 radical (unpaired) electrons. The molecule has 9 heteroatoms. The molecule has 0 saturated carbocycles. The Morgan fingerprint density at radius 1 is 1.26 bits per heavy atom. The third-order valence-electron chi connectivity index (χ3n) is 3.53. The SMILES string of the molecule is CC(C)(C)OC(=O)N[C@@H](Cc1cc(F)cc(F)c1)c1ncccc1B(O)O. The molecule has 1 aromatic heterocycles. The van der Waals surface area contributed by atoms with Crippen molar-refractivity contribution >= 4 is 18.7 Å². The molecule has 0 bridgehead atoms. The highest BCUT2D eigenvalue weighted by atomic mass is 19.1. The van der Waals surface area contributed by atoms with Crippen molar-refractivity contribution in [2.24, 2.45) is 0 Å². The molecule has 2 aromatic rings. The summed E-state index contributed by atoms with van der Waals surface area (Å²) in [5.74, 6) is -1.52. The van der Waals surface area contributed by atoms with Gasteiger partial charge in [-0.2, -0.15) is 0 Å². The highest BCUT2D eigenvalue weighted by molar-refractivity contribution is 6.59. The normalized spacial score (nSPS) is 12.4. The van der Waals surface area contributed by atoms with Gasteiger partial charge in [0.2, 0.25) is 0 Å². The molecule has 0 unspecified atom stereocenters. The van der Waals surface area contributed by atoms with Gasteiger partial charge in [0.15, 0.2) is 0 Å². The summed E-state index contributed by atoms with van der Waals surface area (Å²) < 4.78 is 32.3. The number of benzene rings is 1. The summed E-state index contributed by atoms with van der Waals surface area (Å²) in [6.07, 6.45) is 0.607. The van der Waals surface area contributed by atoms with Gasteiger partial charge in [-0.25, -0.2) is 13.6 Å². The average Bonchev–Trinajstić information content (AvgIpc) is 2.51. The summed E-state index contributed by atoms with van der Waals surface area (Å²) in [4.78, 5) is 16.3. The van der Waals surface area contributed by atoms with E-state index in [1.807, 2.05) is 0 Å². The van der Waals surface area contributed by atoms with Gasteiger partial charge in [0.05, 0.1) is 11.7 Å². The van der Waals surface area contributed by atoms with Gasteiger partial charge in [-0.15, -0.1) is 0 Å². The Kier molecular flexibility index (Phi) is 6.51. The minimum atomic E-state index is -1.83. The van der Waals surface area contributed by atoms with Crippen molar-refractivity contribution in [3.8, 4) is 0 Å². The number of hydrogen-bond acceptors (Lipinski definition) is 5. The molecule has 3 N–H and O–H groups in total.